The zero-order valence-corrected chi connectivity index (χ0v) is 11.3. The Balaban J connectivity index is 2.08. The van der Waals surface area contributed by atoms with Crippen LogP contribution in [0.15, 0.2) is 29.8 Å². The van der Waals surface area contributed by atoms with Gasteiger partial charge in [0.05, 0.1) is 12.7 Å². The van der Waals surface area contributed by atoms with E-state index in [1.807, 2.05) is 18.2 Å². The summed E-state index contributed by atoms with van der Waals surface area (Å²) in [6.45, 7) is 1.05. The van der Waals surface area contributed by atoms with E-state index < -0.39 is 6.09 Å². The smallest absolute Gasteiger partial charge is 0.407 e. The molecule has 20 heavy (non-hydrogen) atoms. The van der Waals surface area contributed by atoms with Crippen molar-refractivity contribution >= 4 is 18.1 Å². The summed E-state index contributed by atoms with van der Waals surface area (Å²) in [7, 11) is 1.36. The molecule has 1 fully saturated rings. The molecule has 106 valence electrons. The summed E-state index contributed by atoms with van der Waals surface area (Å²) >= 11 is 0. The molecule has 0 bridgehead atoms. The lowest BCUT2D eigenvalue weighted by molar-refractivity contribution is 0.0600. The molecular formula is C15H17NO4. The number of nitrogens with zero attached hydrogens (tertiary/aromatic N) is 1. The molecule has 1 amide bonds. The van der Waals surface area contributed by atoms with Crippen LogP contribution in [-0.4, -0.2) is 42.3 Å². The first kappa shape index (κ1) is 14.1. The molecule has 0 unspecified atom stereocenters. The van der Waals surface area contributed by atoms with Crippen LogP contribution >= 0.6 is 0 Å². The molecule has 0 radical (unpaired) electrons. The summed E-state index contributed by atoms with van der Waals surface area (Å²) < 4.78 is 4.69. The average Bonchev–Trinajstić information content (AvgIpc) is 2.47. The van der Waals surface area contributed by atoms with Crippen LogP contribution < -0.4 is 0 Å². The number of piperidine rings is 1. The summed E-state index contributed by atoms with van der Waals surface area (Å²) in [4.78, 5) is 23.7. The predicted octanol–water partition coefficient (Wildman–Crippen LogP) is 2.63. The molecule has 2 rings (SSSR count). The molecule has 1 heterocycles. The number of hydrogen-bond donors (Lipinski definition) is 1. The van der Waals surface area contributed by atoms with Crippen molar-refractivity contribution in [1.82, 2.24) is 4.90 Å². The third kappa shape index (κ3) is 3.38. The molecule has 1 N–H and O–H groups in total. The van der Waals surface area contributed by atoms with Crippen molar-refractivity contribution in [2.45, 2.75) is 12.8 Å². The molecule has 1 aliphatic heterocycles. The Morgan fingerprint density at radius 3 is 2.60 bits per heavy atom. The van der Waals surface area contributed by atoms with E-state index in [1.54, 1.807) is 12.1 Å². The van der Waals surface area contributed by atoms with Gasteiger partial charge >= 0.3 is 12.1 Å². The molecule has 1 aliphatic rings. The van der Waals surface area contributed by atoms with Crippen molar-refractivity contribution in [3.05, 3.63) is 41.0 Å². The lowest BCUT2D eigenvalue weighted by atomic mass is 10.0. The highest BCUT2D eigenvalue weighted by Crippen LogP contribution is 2.20. The summed E-state index contributed by atoms with van der Waals surface area (Å²) in [5.41, 5.74) is 2.65. The molecule has 1 aromatic carbocycles. The van der Waals surface area contributed by atoms with Crippen molar-refractivity contribution in [2.24, 2.45) is 0 Å². The van der Waals surface area contributed by atoms with Gasteiger partial charge in [0.1, 0.15) is 0 Å². The number of carboxylic acid groups (broad SMARTS) is 1. The average molecular weight is 275 g/mol. The van der Waals surface area contributed by atoms with Crippen molar-refractivity contribution < 1.29 is 19.4 Å². The first-order chi connectivity index (χ1) is 9.60. The minimum Gasteiger partial charge on any atom is -0.465 e. The maximum Gasteiger partial charge on any atom is 0.407 e. The second-order valence-electron chi connectivity index (χ2n) is 4.69. The van der Waals surface area contributed by atoms with Crippen LogP contribution in [0.2, 0.25) is 0 Å². The zero-order chi connectivity index (χ0) is 14.5. The minimum atomic E-state index is -0.864. The fourth-order valence-corrected chi connectivity index (χ4v) is 2.24. The lowest BCUT2D eigenvalue weighted by Gasteiger charge is -2.25. The maximum atomic E-state index is 11.5. The molecule has 0 saturated carbocycles. The quantitative estimate of drug-likeness (QED) is 0.842. The van der Waals surface area contributed by atoms with Crippen molar-refractivity contribution in [3.8, 4) is 0 Å². The van der Waals surface area contributed by atoms with Gasteiger partial charge in [-0.25, -0.2) is 9.59 Å². The fourth-order valence-electron chi connectivity index (χ4n) is 2.24. The molecule has 5 heteroatoms. The highest BCUT2D eigenvalue weighted by molar-refractivity contribution is 5.90. The molecular weight excluding hydrogens is 258 g/mol. The van der Waals surface area contributed by atoms with Crippen LogP contribution in [-0.2, 0) is 4.74 Å². The van der Waals surface area contributed by atoms with Crippen LogP contribution in [0, 0.1) is 0 Å². The summed E-state index contributed by atoms with van der Waals surface area (Å²) in [6, 6.07) is 7.22. The largest absolute Gasteiger partial charge is 0.465 e. The van der Waals surface area contributed by atoms with Crippen LogP contribution in [0.25, 0.3) is 6.08 Å². The Hall–Kier alpha value is -2.30. The van der Waals surface area contributed by atoms with Gasteiger partial charge in [-0.05, 0) is 30.5 Å². The van der Waals surface area contributed by atoms with E-state index in [-0.39, 0.29) is 5.97 Å². The summed E-state index contributed by atoms with van der Waals surface area (Å²) in [5, 5.41) is 8.89. The van der Waals surface area contributed by atoms with Crippen LogP contribution in [0.5, 0.6) is 0 Å². The van der Waals surface area contributed by atoms with E-state index in [9.17, 15) is 9.59 Å². The number of likely N-dealkylation sites (tertiary alicyclic amines) is 1. The zero-order valence-electron chi connectivity index (χ0n) is 11.3. The van der Waals surface area contributed by atoms with Crippen LogP contribution in [0.1, 0.15) is 28.8 Å². The SMILES string of the molecule is COC(=O)c1cccc(C=C2CCN(C(=O)O)CC2)c1. The van der Waals surface area contributed by atoms with Crippen LogP contribution in [0.3, 0.4) is 0 Å². The van der Waals surface area contributed by atoms with E-state index in [0.717, 1.165) is 18.4 Å². The number of carbonyl (C=O) groups excluding carboxylic acids is 1. The normalized spacial score (nSPS) is 14.8. The Bertz CT molecular complexity index is 541. The molecule has 0 spiro atoms. The standard InChI is InChI=1S/C15H17NO4/c1-20-14(17)13-4-2-3-12(10-13)9-11-5-7-16(8-6-11)15(18)19/h2-4,9-10H,5-8H2,1H3,(H,18,19). The third-order valence-corrected chi connectivity index (χ3v) is 3.35. The Kier molecular flexibility index (Phi) is 4.40. The number of amides is 1. The van der Waals surface area contributed by atoms with Gasteiger partial charge in [-0.2, -0.15) is 0 Å². The van der Waals surface area contributed by atoms with Crippen molar-refractivity contribution in [1.29, 1.82) is 0 Å². The van der Waals surface area contributed by atoms with Gasteiger partial charge in [-0.15, -0.1) is 0 Å². The molecule has 1 saturated heterocycles. The molecule has 0 atom stereocenters. The predicted molar refractivity (Wildman–Crippen MR) is 74.6 cm³/mol. The topological polar surface area (TPSA) is 66.8 Å². The Morgan fingerprint density at radius 1 is 1.30 bits per heavy atom. The summed E-state index contributed by atoms with van der Waals surface area (Å²) in [5.74, 6) is -0.356. The first-order valence-electron chi connectivity index (χ1n) is 6.46. The van der Waals surface area contributed by atoms with Crippen molar-refractivity contribution in [3.63, 3.8) is 0 Å². The van der Waals surface area contributed by atoms with Gasteiger partial charge < -0.3 is 14.7 Å². The van der Waals surface area contributed by atoms with Gasteiger partial charge in [0.2, 0.25) is 0 Å². The summed E-state index contributed by atoms with van der Waals surface area (Å²) in [6.07, 6.45) is 2.62. The number of methoxy groups -OCH3 is 1. The second kappa shape index (κ2) is 6.23. The third-order valence-electron chi connectivity index (χ3n) is 3.35. The molecule has 1 aromatic rings. The van der Waals surface area contributed by atoms with Gasteiger partial charge in [-0.1, -0.05) is 23.8 Å². The number of benzene rings is 1. The van der Waals surface area contributed by atoms with Gasteiger partial charge in [0.15, 0.2) is 0 Å². The van der Waals surface area contributed by atoms with Gasteiger partial charge in [0.25, 0.3) is 0 Å². The van der Waals surface area contributed by atoms with E-state index in [0.29, 0.717) is 18.7 Å². The second-order valence-corrected chi connectivity index (χ2v) is 4.69. The van der Waals surface area contributed by atoms with E-state index >= 15 is 0 Å². The first-order valence-corrected chi connectivity index (χ1v) is 6.46. The maximum absolute atomic E-state index is 11.5. The van der Waals surface area contributed by atoms with Gasteiger partial charge in [0, 0.05) is 13.1 Å². The lowest BCUT2D eigenvalue weighted by Crippen LogP contribution is -2.35. The number of carbonyl (C=O) groups is 2. The Labute approximate surface area is 117 Å². The van der Waals surface area contributed by atoms with E-state index in [2.05, 4.69) is 0 Å². The van der Waals surface area contributed by atoms with Gasteiger partial charge in [-0.3, -0.25) is 0 Å². The number of rotatable bonds is 2. The van der Waals surface area contributed by atoms with Crippen LogP contribution in [0.4, 0.5) is 4.79 Å². The monoisotopic (exact) mass is 275 g/mol. The fraction of sp³-hybridized carbons (Fsp3) is 0.333. The molecule has 0 aromatic heterocycles. The minimum absolute atomic E-state index is 0.356. The van der Waals surface area contributed by atoms with E-state index in [4.69, 9.17) is 9.84 Å². The van der Waals surface area contributed by atoms with Crippen molar-refractivity contribution in [2.75, 3.05) is 20.2 Å². The number of esters is 1. The molecule has 0 aliphatic carbocycles. The number of hydrogen-bond acceptors (Lipinski definition) is 3. The molecule has 5 nitrogen and oxygen atoms in total. The Morgan fingerprint density at radius 2 is 2.00 bits per heavy atom. The highest BCUT2D eigenvalue weighted by atomic mass is 16.5. The van der Waals surface area contributed by atoms with E-state index in [1.165, 1.54) is 17.6 Å². The highest BCUT2D eigenvalue weighted by Gasteiger charge is 2.17. The number of ether oxygens (including phenoxy) is 1.